The van der Waals surface area contributed by atoms with Crippen LogP contribution in [0.1, 0.15) is 0 Å². The number of nitrogens with zero attached hydrogens (tertiary/aromatic N) is 1. The summed E-state index contributed by atoms with van der Waals surface area (Å²) in [5.41, 5.74) is 7.47. The lowest BCUT2D eigenvalue weighted by Gasteiger charge is -2.05. The van der Waals surface area contributed by atoms with E-state index in [1.54, 1.807) is 24.3 Å². The highest BCUT2D eigenvalue weighted by molar-refractivity contribution is 5.87. The molecule has 4 N–H and O–H groups in total. The van der Waals surface area contributed by atoms with Gasteiger partial charge in [0, 0.05) is 23.4 Å². The third kappa shape index (κ3) is 1.97. The van der Waals surface area contributed by atoms with E-state index in [0.29, 0.717) is 22.4 Å². The van der Waals surface area contributed by atoms with E-state index < -0.39 is 5.82 Å². The number of hydrogen-bond donors (Lipinski definition) is 3. The van der Waals surface area contributed by atoms with Crippen molar-refractivity contribution in [3.8, 4) is 22.4 Å². The maximum Gasteiger partial charge on any atom is 0.248 e. The Morgan fingerprint density at radius 2 is 2.00 bits per heavy atom. The Bertz CT molecular complexity index is 822. The van der Waals surface area contributed by atoms with Crippen molar-refractivity contribution in [2.24, 2.45) is 0 Å². The summed E-state index contributed by atoms with van der Waals surface area (Å²) >= 11 is 0. The van der Waals surface area contributed by atoms with Crippen LogP contribution in [0.4, 0.5) is 10.2 Å². The smallest absolute Gasteiger partial charge is 0.248 e. The van der Waals surface area contributed by atoms with E-state index >= 15 is 0 Å². The van der Waals surface area contributed by atoms with Gasteiger partial charge in [0.05, 0.1) is 11.3 Å². The van der Waals surface area contributed by atoms with Crippen LogP contribution in [-0.2, 0) is 0 Å². The molecule has 0 saturated carbocycles. The summed E-state index contributed by atoms with van der Waals surface area (Å²) in [5.74, 6) is -0.211. The molecule has 0 saturated heterocycles. The number of halogens is 1. The molecule has 3 aromatic rings. The Labute approximate surface area is 113 Å². The number of hydrogen-bond acceptors (Lipinski definition) is 3. The number of pyridine rings is 1. The molecule has 0 aliphatic carbocycles. The number of rotatable bonds is 2. The molecule has 2 heterocycles. The Morgan fingerprint density at radius 3 is 2.75 bits per heavy atom. The largest absolute Gasteiger partial charge is 0.382 e. The second-order valence-corrected chi connectivity index (χ2v) is 4.28. The fourth-order valence-electron chi connectivity index (χ4n) is 2.10. The predicted molar refractivity (Wildman–Crippen MR) is 74.5 cm³/mol. The first kappa shape index (κ1) is 12.2. The molecule has 0 aliphatic heterocycles. The molecule has 0 aliphatic rings. The van der Waals surface area contributed by atoms with E-state index in [0.717, 1.165) is 0 Å². The molecule has 0 bridgehead atoms. The molecule has 20 heavy (non-hydrogen) atoms. The van der Waals surface area contributed by atoms with Gasteiger partial charge in [-0.15, -0.1) is 0 Å². The van der Waals surface area contributed by atoms with E-state index in [1.807, 2.05) is 0 Å². The minimum absolute atomic E-state index is 0.186. The summed E-state index contributed by atoms with van der Waals surface area (Å²) in [6, 6.07) is 9.38. The molecule has 5 nitrogen and oxygen atoms in total. The Balaban J connectivity index is 2.26. The van der Waals surface area contributed by atoms with Crippen molar-refractivity contribution in [2.75, 3.05) is 5.73 Å². The Kier molecular flexibility index (Phi) is 2.83. The maximum absolute atomic E-state index is 13.9. The molecular formula is C14H11FN4O. The van der Waals surface area contributed by atoms with Crippen LogP contribution in [0.5, 0.6) is 0 Å². The highest BCUT2D eigenvalue weighted by Crippen LogP contribution is 2.35. The fraction of sp³-hybridized carbons (Fsp3) is 0. The van der Waals surface area contributed by atoms with Gasteiger partial charge in [0.1, 0.15) is 5.82 Å². The molecule has 0 unspecified atom stereocenters. The van der Waals surface area contributed by atoms with Gasteiger partial charge in [0.2, 0.25) is 5.56 Å². The van der Waals surface area contributed by atoms with Crippen LogP contribution < -0.4 is 11.3 Å². The van der Waals surface area contributed by atoms with Crippen LogP contribution in [-0.4, -0.2) is 15.2 Å². The van der Waals surface area contributed by atoms with Crippen molar-refractivity contribution >= 4 is 5.82 Å². The average molecular weight is 270 g/mol. The van der Waals surface area contributed by atoms with Gasteiger partial charge in [0.15, 0.2) is 5.82 Å². The van der Waals surface area contributed by atoms with Crippen molar-refractivity contribution in [3.05, 3.63) is 58.8 Å². The van der Waals surface area contributed by atoms with E-state index in [1.165, 1.54) is 18.3 Å². The fourth-order valence-corrected chi connectivity index (χ4v) is 2.10. The lowest BCUT2D eigenvalue weighted by Crippen LogP contribution is -2.02. The van der Waals surface area contributed by atoms with E-state index in [9.17, 15) is 9.18 Å². The van der Waals surface area contributed by atoms with Gasteiger partial charge in [-0.2, -0.15) is 5.10 Å². The van der Waals surface area contributed by atoms with Gasteiger partial charge in [-0.25, -0.2) is 4.39 Å². The second kappa shape index (κ2) is 4.65. The van der Waals surface area contributed by atoms with Crippen molar-refractivity contribution < 1.29 is 4.39 Å². The SMILES string of the molecule is Nc1n[nH]c(-c2cc[nH]c(=O)c2)c1-c1ccccc1F. The monoisotopic (exact) mass is 270 g/mol. The third-order valence-corrected chi connectivity index (χ3v) is 3.00. The summed E-state index contributed by atoms with van der Waals surface area (Å²) in [4.78, 5) is 13.9. The minimum Gasteiger partial charge on any atom is -0.382 e. The van der Waals surface area contributed by atoms with Gasteiger partial charge >= 0.3 is 0 Å². The van der Waals surface area contributed by atoms with Gasteiger partial charge in [-0.1, -0.05) is 18.2 Å². The van der Waals surface area contributed by atoms with E-state index in [4.69, 9.17) is 5.73 Å². The average Bonchev–Trinajstić information content (AvgIpc) is 2.81. The van der Waals surface area contributed by atoms with Crippen LogP contribution in [0.2, 0.25) is 0 Å². The summed E-state index contributed by atoms with van der Waals surface area (Å²) in [7, 11) is 0. The number of aromatic amines is 2. The number of benzene rings is 1. The Hall–Kier alpha value is -2.89. The predicted octanol–water partition coefficient (Wildman–Crippen LogP) is 2.15. The highest BCUT2D eigenvalue weighted by atomic mass is 19.1. The van der Waals surface area contributed by atoms with Gasteiger partial charge in [0.25, 0.3) is 0 Å². The topological polar surface area (TPSA) is 87.6 Å². The Morgan fingerprint density at radius 1 is 1.20 bits per heavy atom. The minimum atomic E-state index is -0.397. The van der Waals surface area contributed by atoms with Crippen LogP contribution in [0.15, 0.2) is 47.4 Å². The summed E-state index contributed by atoms with van der Waals surface area (Å²) in [6.45, 7) is 0. The highest BCUT2D eigenvalue weighted by Gasteiger charge is 2.17. The van der Waals surface area contributed by atoms with E-state index in [2.05, 4.69) is 15.2 Å². The first-order valence-electron chi connectivity index (χ1n) is 5.94. The lowest BCUT2D eigenvalue weighted by atomic mass is 10.0. The zero-order valence-electron chi connectivity index (χ0n) is 10.4. The quantitative estimate of drug-likeness (QED) is 0.666. The molecule has 0 atom stereocenters. The zero-order valence-corrected chi connectivity index (χ0v) is 10.4. The molecular weight excluding hydrogens is 259 g/mol. The number of H-pyrrole nitrogens is 2. The van der Waals surface area contributed by atoms with Gasteiger partial charge in [-0.05, 0) is 12.1 Å². The number of anilines is 1. The van der Waals surface area contributed by atoms with Crippen LogP contribution in [0, 0.1) is 5.82 Å². The van der Waals surface area contributed by atoms with Crippen LogP contribution in [0.25, 0.3) is 22.4 Å². The van der Waals surface area contributed by atoms with Crippen LogP contribution in [0.3, 0.4) is 0 Å². The van der Waals surface area contributed by atoms with Crippen LogP contribution >= 0.6 is 0 Å². The zero-order chi connectivity index (χ0) is 14.1. The molecule has 1 aromatic carbocycles. The van der Waals surface area contributed by atoms with Crippen molar-refractivity contribution in [1.29, 1.82) is 0 Å². The van der Waals surface area contributed by atoms with Crippen molar-refractivity contribution in [2.45, 2.75) is 0 Å². The standard InChI is InChI=1S/C14H11FN4O/c15-10-4-2-1-3-9(10)12-13(18-19-14(12)16)8-5-6-17-11(20)7-8/h1-7H,(H,17,20)(H3,16,18,19). The number of nitrogens with two attached hydrogens (primary N) is 1. The molecule has 0 spiro atoms. The molecule has 6 heteroatoms. The normalized spacial score (nSPS) is 10.7. The first-order chi connectivity index (χ1) is 9.66. The number of nitrogens with one attached hydrogen (secondary N) is 2. The summed E-state index contributed by atoms with van der Waals surface area (Å²) in [5, 5.41) is 6.66. The molecule has 2 aromatic heterocycles. The first-order valence-corrected chi connectivity index (χ1v) is 5.94. The van der Waals surface area contributed by atoms with Crippen molar-refractivity contribution in [3.63, 3.8) is 0 Å². The van der Waals surface area contributed by atoms with Crippen molar-refractivity contribution in [1.82, 2.24) is 15.2 Å². The molecule has 0 fully saturated rings. The number of nitrogen functional groups attached to an aromatic ring is 1. The summed E-state index contributed by atoms with van der Waals surface area (Å²) < 4.78 is 13.9. The molecule has 3 rings (SSSR count). The molecule has 0 radical (unpaired) electrons. The lowest BCUT2D eigenvalue weighted by molar-refractivity contribution is 0.631. The summed E-state index contributed by atoms with van der Waals surface area (Å²) in [6.07, 6.45) is 1.51. The molecule has 0 amide bonds. The van der Waals surface area contributed by atoms with E-state index in [-0.39, 0.29) is 11.4 Å². The second-order valence-electron chi connectivity index (χ2n) is 4.28. The van der Waals surface area contributed by atoms with Gasteiger partial charge < -0.3 is 10.7 Å². The van der Waals surface area contributed by atoms with Gasteiger partial charge in [-0.3, -0.25) is 9.89 Å². The maximum atomic E-state index is 13.9. The third-order valence-electron chi connectivity index (χ3n) is 3.00. The molecule has 100 valence electrons. The number of aromatic nitrogens is 3.